The average molecular weight is 253 g/mol. The minimum absolute atomic E-state index is 0.534. The highest BCUT2D eigenvalue weighted by Gasteiger charge is 2.25. The lowest BCUT2D eigenvalue weighted by molar-refractivity contribution is 0.377. The zero-order valence-corrected chi connectivity index (χ0v) is 12.3. The summed E-state index contributed by atoms with van der Waals surface area (Å²) in [5.74, 6) is 1.23. The highest BCUT2D eigenvalue weighted by Crippen LogP contribution is 2.26. The molecule has 0 aromatic carbocycles. The van der Waals surface area contributed by atoms with E-state index in [4.69, 9.17) is 12.2 Å². The molecule has 0 bridgehead atoms. The van der Waals surface area contributed by atoms with Gasteiger partial charge in [0.25, 0.3) is 0 Å². The zero-order chi connectivity index (χ0) is 12.7. The summed E-state index contributed by atoms with van der Waals surface area (Å²) in [6.45, 7) is 10.9. The monoisotopic (exact) mass is 253 g/mol. The first-order chi connectivity index (χ1) is 8.20. The molecule has 1 heterocycles. The molecule has 0 radical (unpaired) electrons. The number of allylic oxidation sites excluding steroid dienone is 1. The highest BCUT2D eigenvalue weighted by molar-refractivity contribution is 7.80. The molecule has 0 aromatic rings. The van der Waals surface area contributed by atoms with E-state index < -0.39 is 0 Å². The van der Waals surface area contributed by atoms with Gasteiger partial charge in [-0.05, 0) is 25.2 Å². The van der Waals surface area contributed by atoms with Gasteiger partial charge in [0.2, 0.25) is 0 Å². The van der Waals surface area contributed by atoms with E-state index in [1.807, 2.05) is 6.08 Å². The van der Waals surface area contributed by atoms with E-state index in [1.165, 1.54) is 50.2 Å². The molecular weight excluding hydrogens is 226 g/mol. The van der Waals surface area contributed by atoms with Gasteiger partial charge < -0.3 is 4.90 Å². The van der Waals surface area contributed by atoms with E-state index in [2.05, 4.69) is 25.3 Å². The summed E-state index contributed by atoms with van der Waals surface area (Å²) in [6, 6.07) is 0. The first-order valence-corrected chi connectivity index (χ1v) is 7.51. The topological polar surface area (TPSA) is 3.24 Å². The third kappa shape index (κ3) is 4.42. The molecular formula is C15H27NS. The predicted molar refractivity (Wildman–Crippen MR) is 80.4 cm³/mol. The first kappa shape index (κ1) is 14.7. The summed E-state index contributed by atoms with van der Waals surface area (Å²) in [6.07, 6.45) is 9.59. The van der Waals surface area contributed by atoms with Gasteiger partial charge in [-0.3, -0.25) is 0 Å². The van der Waals surface area contributed by atoms with Crippen LogP contribution in [0.1, 0.15) is 52.4 Å². The van der Waals surface area contributed by atoms with Gasteiger partial charge in [-0.1, -0.05) is 51.4 Å². The Morgan fingerprint density at radius 1 is 1.41 bits per heavy atom. The summed E-state index contributed by atoms with van der Waals surface area (Å²) in [5.41, 5.74) is 0. The van der Waals surface area contributed by atoms with Crippen LogP contribution in [0.4, 0.5) is 0 Å². The molecule has 0 aromatic heterocycles. The van der Waals surface area contributed by atoms with E-state index in [0.29, 0.717) is 11.8 Å². The van der Waals surface area contributed by atoms with E-state index >= 15 is 0 Å². The molecule has 1 saturated heterocycles. The summed E-state index contributed by atoms with van der Waals surface area (Å²) in [7, 11) is 0. The van der Waals surface area contributed by atoms with Crippen molar-refractivity contribution >= 4 is 17.2 Å². The van der Waals surface area contributed by atoms with Crippen LogP contribution in [0.15, 0.2) is 12.7 Å². The number of unbranched alkanes of at least 4 members (excludes halogenated alkanes) is 1. The molecule has 17 heavy (non-hydrogen) atoms. The van der Waals surface area contributed by atoms with E-state index in [0.717, 1.165) is 6.42 Å². The smallest absolute Gasteiger partial charge is 0.0816 e. The Bertz CT molecular complexity index is 243. The van der Waals surface area contributed by atoms with Gasteiger partial charge in [0, 0.05) is 19.0 Å². The Morgan fingerprint density at radius 3 is 2.59 bits per heavy atom. The molecule has 2 atom stereocenters. The second-order valence-corrected chi connectivity index (χ2v) is 5.70. The van der Waals surface area contributed by atoms with Gasteiger partial charge in [-0.15, -0.1) is 6.58 Å². The first-order valence-electron chi connectivity index (χ1n) is 7.10. The van der Waals surface area contributed by atoms with Crippen molar-refractivity contribution < 1.29 is 0 Å². The lowest BCUT2D eigenvalue weighted by Gasteiger charge is -2.30. The zero-order valence-electron chi connectivity index (χ0n) is 11.5. The standard InChI is InChI=1S/C15H27NS/c1-4-6-10-13(3)14(9-5-2)15(17)16-11-7-8-12-16/h5,13-14H,2,4,6-12H2,1,3H3. The van der Waals surface area contributed by atoms with Crippen LogP contribution >= 0.6 is 12.2 Å². The van der Waals surface area contributed by atoms with Crippen molar-refractivity contribution in [2.45, 2.75) is 52.4 Å². The second kappa shape index (κ2) is 7.86. The molecule has 0 N–H and O–H groups in total. The van der Waals surface area contributed by atoms with Gasteiger partial charge in [-0.25, -0.2) is 0 Å². The number of likely N-dealkylation sites (tertiary alicyclic amines) is 1. The Hall–Kier alpha value is -0.370. The van der Waals surface area contributed by atoms with E-state index in [9.17, 15) is 0 Å². The fourth-order valence-corrected chi connectivity index (χ4v) is 3.17. The number of rotatable bonds is 7. The SMILES string of the molecule is C=CCC(C(=S)N1CCCC1)C(C)CCCC. The molecule has 0 aliphatic carbocycles. The maximum absolute atomic E-state index is 5.71. The van der Waals surface area contributed by atoms with Crippen LogP contribution in [-0.4, -0.2) is 23.0 Å². The van der Waals surface area contributed by atoms with Gasteiger partial charge in [0.15, 0.2) is 0 Å². The minimum Gasteiger partial charge on any atom is -0.366 e. The Balaban J connectivity index is 2.56. The number of nitrogens with zero attached hydrogens (tertiary/aromatic N) is 1. The lowest BCUT2D eigenvalue weighted by Crippen LogP contribution is -2.35. The number of hydrogen-bond acceptors (Lipinski definition) is 1. The van der Waals surface area contributed by atoms with Crippen molar-refractivity contribution in [3.63, 3.8) is 0 Å². The maximum Gasteiger partial charge on any atom is 0.0816 e. The van der Waals surface area contributed by atoms with Crippen molar-refractivity contribution in [2.24, 2.45) is 11.8 Å². The second-order valence-electron chi connectivity index (χ2n) is 5.28. The average Bonchev–Trinajstić information content (AvgIpc) is 2.86. The molecule has 2 heteroatoms. The van der Waals surface area contributed by atoms with Crippen molar-refractivity contribution in [3.8, 4) is 0 Å². The summed E-state index contributed by atoms with van der Waals surface area (Å²) in [4.78, 5) is 3.62. The summed E-state index contributed by atoms with van der Waals surface area (Å²) < 4.78 is 0. The lowest BCUT2D eigenvalue weighted by atomic mass is 9.86. The van der Waals surface area contributed by atoms with Gasteiger partial charge in [0.05, 0.1) is 4.99 Å². The third-order valence-electron chi connectivity index (χ3n) is 3.86. The molecule has 1 aliphatic heterocycles. The Labute approximate surface area is 112 Å². The molecule has 0 amide bonds. The maximum atomic E-state index is 5.71. The Kier molecular flexibility index (Phi) is 6.79. The van der Waals surface area contributed by atoms with Crippen molar-refractivity contribution in [2.75, 3.05) is 13.1 Å². The number of thiocarbonyl (C=S) groups is 1. The summed E-state index contributed by atoms with van der Waals surface area (Å²) >= 11 is 5.71. The fraction of sp³-hybridized carbons (Fsp3) is 0.800. The third-order valence-corrected chi connectivity index (χ3v) is 4.42. The van der Waals surface area contributed by atoms with Crippen LogP contribution in [0.2, 0.25) is 0 Å². The summed E-state index contributed by atoms with van der Waals surface area (Å²) in [5, 5.41) is 0. The van der Waals surface area contributed by atoms with Crippen molar-refractivity contribution in [1.82, 2.24) is 4.90 Å². The molecule has 1 aliphatic rings. The van der Waals surface area contributed by atoms with Crippen LogP contribution in [0.3, 0.4) is 0 Å². The van der Waals surface area contributed by atoms with E-state index in [-0.39, 0.29) is 0 Å². The Morgan fingerprint density at radius 2 is 2.06 bits per heavy atom. The molecule has 1 rings (SSSR count). The largest absolute Gasteiger partial charge is 0.366 e. The highest BCUT2D eigenvalue weighted by atomic mass is 32.1. The van der Waals surface area contributed by atoms with E-state index in [1.54, 1.807) is 0 Å². The molecule has 0 saturated carbocycles. The molecule has 2 unspecified atom stereocenters. The van der Waals surface area contributed by atoms with Crippen molar-refractivity contribution in [3.05, 3.63) is 12.7 Å². The van der Waals surface area contributed by atoms with Crippen LogP contribution in [0.5, 0.6) is 0 Å². The molecule has 1 fully saturated rings. The van der Waals surface area contributed by atoms with Crippen LogP contribution in [-0.2, 0) is 0 Å². The fourth-order valence-electron chi connectivity index (χ4n) is 2.66. The normalized spacial score (nSPS) is 19.1. The van der Waals surface area contributed by atoms with Gasteiger partial charge in [-0.2, -0.15) is 0 Å². The minimum atomic E-state index is 0.534. The number of hydrogen-bond donors (Lipinski definition) is 0. The predicted octanol–water partition coefficient (Wildman–Crippen LogP) is 4.43. The van der Waals surface area contributed by atoms with Crippen molar-refractivity contribution in [1.29, 1.82) is 0 Å². The molecule has 1 nitrogen and oxygen atoms in total. The van der Waals surface area contributed by atoms with Gasteiger partial charge >= 0.3 is 0 Å². The molecule has 0 spiro atoms. The quantitative estimate of drug-likeness (QED) is 0.488. The van der Waals surface area contributed by atoms with Crippen LogP contribution in [0.25, 0.3) is 0 Å². The van der Waals surface area contributed by atoms with Crippen LogP contribution in [0, 0.1) is 11.8 Å². The van der Waals surface area contributed by atoms with Crippen LogP contribution < -0.4 is 0 Å². The van der Waals surface area contributed by atoms with Gasteiger partial charge in [0.1, 0.15) is 0 Å². The molecule has 98 valence electrons.